The van der Waals surface area contributed by atoms with Crippen LogP contribution in [-0.2, 0) is 4.79 Å². The molecule has 1 aliphatic heterocycles. The van der Waals surface area contributed by atoms with Crippen LogP contribution in [0.5, 0.6) is 11.5 Å². The van der Waals surface area contributed by atoms with Crippen molar-refractivity contribution in [2.45, 2.75) is 12.8 Å². The van der Waals surface area contributed by atoms with E-state index in [0.29, 0.717) is 31.1 Å². The van der Waals surface area contributed by atoms with E-state index < -0.39 is 5.82 Å². The van der Waals surface area contributed by atoms with Crippen molar-refractivity contribution in [1.82, 2.24) is 14.9 Å². The molecule has 1 saturated carbocycles. The Morgan fingerprint density at radius 1 is 1.21 bits per heavy atom. The van der Waals surface area contributed by atoms with E-state index in [9.17, 15) is 9.18 Å². The summed E-state index contributed by atoms with van der Waals surface area (Å²) in [5.74, 6) is 0.231. The number of carbonyl (C=O) groups is 1. The number of hydrogen-bond donors (Lipinski definition) is 1. The first-order valence-corrected chi connectivity index (χ1v) is 9.57. The summed E-state index contributed by atoms with van der Waals surface area (Å²) < 4.78 is 25.1. The van der Waals surface area contributed by atoms with Crippen molar-refractivity contribution in [3.8, 4) is 11.5 Å². The molecule has 0 atom stereocenters. The predicted molar refractivity (Wildman–Crippen MR) is 108 cm³/mol. The molecule has 0 bridgehead atoms. The summed E-state index contributed by atoms with van der Waals surface area (Å²) in [6.45, 7) is 3.18. The van der Waals surface area contributed by atoms with Crippen molar-refractivity contribution >= 4 is 28.5 Å². The molecule has 1 aliphatic carbocycles. The van der Waals surface area contributed by atoms with Gasteiger partial charge in [0.15, 0.2) is 23.1 Å². The van der Waals surface area contributed by atoms with Crippen molar-refractivity contribution in [3.63, 3.8) is 0 Å². The highest BCUT2D eigenvalue weighted by atomic mass is 19.1. The molecule has 0 amide bonds. The molecular formula is C20H24FN5O3. The number of nitrogen functional groups attached to an aromatic ring is 1. The number of halogens is 1. The highest BCUT2D eigenvalue weighted by Crippen LogP contribution is 2.37. The predicted octanol–water partition coefficient (Wildman–Crippen LogP) is 1.78. The van der Waals surface area contributed by atoms with Crippen molar-refractivity contribution in [2.24, 2.45) is 0 Å². The summed E-state index contributed by atoms with van der Waals surface area (Å²) in [6.07, 6.45) is 3.88. The van der Waals surface area contributed by atoms with Gasteiger partial charge >= 0.3 is 0 Å². The third-order valence-electron chi connectivity index (χ3n) is 5.23. The van der Waals surface area contributed by atoms with Crippen LogP contribution in [-0.4, -0.2) is 67.6 Å². The second-order valence-corrected chi connectivity index (χ2v) is 7.26. The van der Waals surface area contributed by atoms with Gasteiger partial charge in [-0.05, 0) is 18.9 Å². The molecule has 2 N–H and O–H groups in total. The lowest BCUT2D eigenvalue weighted by Gasteiger charge is -2.34. The van der Waals surface area contributed by atoms with Gasteiger partial charge in [-0.1, -0.05) is 5.57 Å². The van der Waals surface area contributed by atoms with E-state index in [1.165, 1.54) is 19.8 Å². The number of benzene rings is 1. The Bertz CT molecular complexity index is 980. The van der Waals surface area contributed by atoms with E-state index in [2.05, 4.69) is 14.9 Å². The average Bonchev–Trinajstić information content (AvgIpc) is 3.51. The van der Waals surface area contributed by atoms with E-state index in [1.54, 1.807) is 12.1 Å². The number of aromatic nitrogens is 2. The first-order chi connectivity index (χ1) is 14.0. The fourth-order valence-corrected chi connectivity index (χ4v) is 3.52. The lowest BCUT2D eigenvalue weighted by molar-refractivity contribution is -0.115. The molecule has 2 aliphatic rings. The Balaban J connectivity index is 1.52. The van der Waals surface area contributed by atoms with Crippen molar-refractivity contribution in [3.05, 3.63) is 23.5 Å². The summed E-state index contributed by atoms with van der Waals surface area (Å²) in [4.78, 5) is 24.9. The molecule has 0 spiro atoms. The molecule has 1 saturated heterocycles. The minimum atomic E-state index is -0.640. The largest absolute Gasteiger partial charge is 0.493 e. The number of ketones is 1. The molecule has 154 valence electrons. The Hall–Kier alpha value is -2.94. The van der Waals surface area contributed by atoms with Gasteiger partial charge in [-0.3, -0.25) is 9.69 Å². The molecule has 1 aromatic heterocycles. The molecule has 1 aromatic carbocycles. The number of piperazine rings is 1. The number of fused-ring (bicyclic) bond motifs is 1. The van der Waals surface area contributed by atoms with Gasteiger partial charge in [0.2, 0.25) is 5.95 Å². The van der Waals surface area contributed by atoms with E-state index in [-0.39, 0.29) is 28.5 Å². The number of allylic oxidation sites excluding steroid dienone is 1. The third-order valence-corrected chi connectivity index (χ3v) is 5.23. The van der Waals surface area contributed by atoms with Crippen LogP contribution in [0.4, 0.5) is 16.2 Å². The molecule has 4 rings (SSSR count). The first-order valence-electron chi connectivity index (χ1n) is 9.57. The Labute approximate surface area is 168 Å². The van der Waals surface area contributed by atoms with E-state index >= 15 is 0 Å². The number of rotatable bonds is 6. The van der Waals surface area contributed by atoms with Gasteiger partial charge in [0.25, 0.3) is 0 Å². The topological polar surface area (TPSA) is 93.8 Å². The lowest BCUT2D eigenvalue weighted by atomic mass is 10.2. The maximum atomic E-state index is 14.8. The van der Waals surface area contributed by atoms with E-state index in [4.69, 9.17) is 15.2 Å². The Kier molecular flexibility index (Phi) is 5.23. The maximum Gasteiger partial charge on any atom is 0.227 e. The quantitative estimate of drug-likeness (QED) is 0.732. The number of carbonyl (C=O) groups excluding carboxylic acids is 1. The van der Waals surface area contributed by atoms with Crippen LogP contribution >= 0.6 is 0 Å². The molecule has 2 aromatic rings. The van der Waals surface area contributed by atoms with E-state index in [0.717, 1.165) is 25.9 Å². The Morgan fingerprint density at radius 3 is 2.55 bits per heavy atom. The smallest absolute Gasteiger partial charge is 0.227 e. The van der Waals surface area contributed by atoms with Crippen molar-refractivity contribution in [1.29, 1.82) is 0 Å². The highest BCUT2D eigenvalue weighted by molar-refractivity contribution is 5.93. The van der Waals surface area contributed by atoms with Gasteiger partial charge in [-0.15, -0.1) is 0 Å². The number of nitrogens with zero attached hydrogens (tertiary/aromatic N) is 4. The zero-order valence-electron chi connectivity index (χ0n) is 16.6. The van der Waals surface area contributed by atoms with Gasteiger partial charge in [0.05, 0.1) is 31.7 Å². The molecule has 2 heterocycles. The molecule has 9 heteroatoms. The van der Waals surface area contributed by atoms with Gasteiger partial charge < -0.3 is 20.1 Å². The zero-order valence-corrected chi connectivity index (χ0v) is 16.6. The van der Waals surface area contributed by atoms with Crippen LogP contribution in [0.15, 0.2) is 17.7 Å². The molecule has 2 fully saturated rings. The summed E-state index contributed by atoms with van der Waals surface area (Å²) in [6, 6.07) is 1.60. The number of ether oxygens (including phenoxy) is 2. The molecule has 8 nitrogen and oxygen atoms in total. The van der Waals surface area contributed by atoms with Gasteiger partial charge in [-0.25, -0.2) is 9.37 Å². The van der Waals surface area contributed by atoms with Crippen LogP contribution in [0.3, 0.4) is 0 Å². The fraction of sp³-hybridized carbons (Fsp3) is 0.450. The maximum absolute atomic E-state index is 14.8. The summed E-state index contributed by atoms with van der Waals surface area (Å²) in [7, 11) is 2.80. The van der Waals surface area contributed by atoms with Crippen molar-refractivity contribution in [2.75, 3.05) is 57.6 Å². The summed E-state index contributed by atoms with van der Waals surface area (Å²) >= 11 is 0. The number of nitrogens with two attached hydrogens (primary N) is 1. The lowest BCUT2D eigenvalue weighted by Crippen LogP contribution is -2.48. The molecule has 0 radical (unpaired) electrons. The van der Waals surface area contributed by atoms with Gasteiger partial charge in [0.1, 0.15) is 5.82 Å². The normalized spacial score (nSPS) is 16.8. The fourth-order valence-electron chi connectivity index (χ4n) is 3.52. The third kappa shape index (κ3) is 3.95. The standard InChI is InChI=1S/C20H24FN5O3/c1-28-15-10-14-16(17(21)18(15)29-2)19(22)24-20(23-14)26-7-5-25(6-8-26)11-13(27)9-12-3-4-12/h9-10H,3-8,11H2,1-2H3,(H2,22,23,24). The van der Waals surface area contributed by atoms with Gasteiger partial charge in [0, 0.05) is 32.2 Å². The Morgan fingerprint density at radius 2 is 1.93 bits per heavy atom. The second-order valence-electron chi connectivity index (χ2n) is 7.26. The number of methoxy groups -OCH3 is 2. The van der Waals surface area contributed by atoms with Crippen molar-refractivity contribution < 1.29 is 18.7 Å². The highest BCUT2D eigenvalue weighted by Gasteiger charge is 2.24. The number of hydrogen-bond acceptors (Lipinski definition) is 8. The average molecular weight is 401 g/mol. The van der Waals surface area contributed by atoms with Crippen LogP contribution in [0.2, 0.25) is 0 Å². The molecular weight excluding hydrogens is 377 g/mol. The van der Waals surface area contributed by atoms with Crippen LogP contribution in [0, 0.1) is 5.82 Å². The van der Waals surface area contributed by atoms with Crippen LogP contribution in [0.1, 0.15) is 12.8 Å². The summed E-state index contributed by atoms with van der Waals surface area (Å²) in [5.41, 5.74) is 7.65. The minimum absolute atomic E-state index is 0.0255. The van der Waals surface area contributed by atoms with Crippen LogP contribution in [0.25, 0.3) is 10.9 Å². The monoisotopic (exact) mass is 401 g/mol. The van der Waals surface area contributed by atoms with E-state index in [1.807, 2.05) is 4.90 Å². The van der Waals surface area contributed by atoms with Crippen LogP contribution < -0.4 is 20.1 Å². The molecule has 0 unspecified atom stereocenters. The minimum Gasteiger partial charge on any atom is -0.493 e. The number of anilines is 2. The molecule has 29 heavy (non-hydrogen) atoms. The SMILES string of the molecule is COc1cc2nc(N3CCN(CC(=O)C=C4CC4)CC3)nc(N)c2c(F)c1OC. The van der Waals surface area contributed by atoms with Gasteiger partial charge in [-0.2, -0.15) is 4.98 Å². The first kappa shape index (κ1) is 19.4. The zero-order chi connectivity index (χ0) is 20.5. The summed E-state index contributed by atoms with van der Waals surface area (Å²) in [5, 5.41) is 0.115. The second kappa shape index (κ2) is 7.82.